The van der Waals surface area contributed by atoms with Gasteiger partial charge in [0.05, 0.1) is 11.7 Å². The van der Waals surface area contributed by atoms with Crippen molar-refractivity contribution in [1.29, 1.82) is 0 Å². The minimum Gasteiger partial charge on any atom is -0.382 e. The summed E-state index contributed by atoms with van der Waals surface area (Å²) in [6, 6.07) is 1.58. The quantitative estimate of drug-likeness (QED) is 0.645. The highest BCUT2D eigenvalue weighted by atomic mass is 32.1. The minimum atomic E-state index is -4.33. The molecular weight excluding hydrogens is 507 g/mol. The van der Waals surface area contributed by atoms with E-state index in [1.807, 2.05) is 14.5 Å². The summed E-state index contributed by atoms with van der Waals surface area (Å²) in [7, 11) is 0. The fourth-order valence-electron chi connectivity index (χ4n) is 6.64. The Hall–Kier alpha value is -2.25. The number of carbonyl (C=O) groups excluding carboxylic acids is 1. The number of likely N-dealkylation sites (tertiary alicyclic amines) is 3. The highest BCUT2D eigenvalue weighted by Crippen LogP contribution is 2.55. The van der Waals surface area contributed by atoms with Gasteiger partial charge in [-0.3, -0.25) is 4.90 Å². The first-order chi connectivity index (χ1) is 17.5. The number of piperidine rings is 1. The summed E-state index contributed by atoms with van der Waals surface area (Å²) < 4.78 is 44.3. The lowest BCUT2D eigenvalue weighted by Gasteiger charge is -2.61. The molecule has 3 aliphatic heterocycles. The molecule has 5 heterocycles. The Morgan fingerprint density at radius 1 is 1.05 bits per heavy atom. The molecule has 9 nitrogen and oxygen atoms in total. The van der Waals surface area contributed by atoms with Crippen molar-refractivity contribution in [2.75, 3.05) is 39.3 Å². The van der Waals surface area contributed by atoms with Crippen molar-refractivity contribution in [2.24, 2.45) is 10.8 Å². The molecule has 1 N–H and O–H groups in total. The van der Waals surface area contributed by atoms with E-state index in [-0.39, 0.29) is 16.9 Å². The van der Waals surface area contributed by atoms with Crippen molar-refractivity contribution < 1.29 is 23.1 Å². The zero-order chi connectivity index (χ0) is 25.6. The predicted molar refractivity (Wildman–Crippen MR) is 126 cm³/mol. The second-order valence-electron chi connectivity index (χ2n) is 12.1. The van der Waals surface area contributed by atoms with Crippen LogP contribution in [0.3, 0.4) is 0 Å². The first-order valence-corrected chi connectivity index (χ1v) is 13.7. The number of halogens is 3. The van der Waals surface area contributed by atoms with Gasteiger partial charge < -0.3 is 14.9 Å². The number of rotatable bonds is 4. The van der Waals surface area contributed by atoms with Crippen molar-refractivity contribution in [3.63, 3.8) is 0 Å². The van der Waals surface area contributed by atoms with E-state index in [0.29, 0.717) is 35.6 Å². The van der Waals surface area contributed by atoms with E-state index in [1.54, 1.807) is 6.33 Å². The molecule has 0 atom stereocenters. The van der Waals surface area contributed by atoms with Crippen LogP contribution in [0.4, 0.5) is 18.0 Å². The lowest BCUT2D eigenvalue weighted by molar-refractivity contribution is -0.134. The third-order valence-corrected chi connectivity index (χ3v) is 10.0. The normalized spacial score (nSPS) is 26.2. The number of urea groups is 1. The van der Waals surface area contributed by atoms with Crippen LogP contribution in [-0.2, 0) is 18.3 Å². The summed E-state index contributed by atoms with van der Waals surface area (Å²) in [4.78, 5) is 22.7. The molecule has 5 aliphatic rings. The Balaban J connectivity index is 0.843. The molecule has 2 aromatic heterocycles. The van der Waals surface area contributed by atoms with E-state index < -0.39 is 16.7 Å². The fraction of sp³-hybridized carbons (Fsp3) is 0.750. The zero-order valence-electron chi connectivity index (χ0n) is 20.5. The lowest BCUT2D eigenvalue weighted by atomic mass is 9.60. The number of nitrogens with zero attached hydrogens (tertiary/aromatic N) is 7. The summed E-state index contributed by atoms with van der Waals surface area (Å²) in [6.07, 6.45) is 2.74. The molecule has 0 radical (unpaired) electrons. The number of hydrogen-bond donors (Lipinski definition) is 1. The van der Waals surface area contributed by atoms with Crippen molar-refractivity contribution in [3.05, 3.63) is 28.8 Å². The van der Waals surface area contributed by atoms with Crippen LogP contribution in [0.2, 0.25) is 0 Å². The Labute approximate surface area is 216 Å². The number of carbonyl (C=O) groups is 1. The average Bonchev–Trinajstić information content (AvgIpc) is 3.16. The SMILES string of the molecule is O=C(N1CC2(CCN(Cc3cc(C(F)(F)F)sn3)CC2)C1)N1CC2(CC(n3cnc(C4(O)CC4)n3)C2)C1. The summed E-state index contributed by atoms with van der Waals surface area (Å²) in [6.45, 7) is 5.19. The van der Waals surface area contributed by atoms with Crippen LogP contribution in [0.1, 0.15) is 61.0 Å². The molecule has 5 fully saturated rings. The third-order valence-electron chi connectivity index (χ3n) is 9.15. The molecule has 2 aliphatic carbocycles. The van der Waals surface area contributed by atoms with Crippen LogP contribution >= 0.6 is 11.5 Å². The maximum absolute atomic E-state index is 13.0. The summed E-state index contributed by atoms with van der Waals surface area (Å²) in [5.74, 6) is 0.537. The van der Waals surface area contributed by atoms with Gasteiger partial charge in [0.2, 0.25) is 0 Å². The highest BCUT2D eigenvalue weighted by Gasteiger charge is 2.57. The lowest BCUT2D eigenvalue weighted by Crippen LogP contribution is -2.70. The van der Waals surface area contributed by atoms with Gasteiger partial charge in [-0.25, -0.2) is 14.5 Å². The maximum Gasteiger partial charge on any atom is 0.427 e. The fourth-order valence-corrected chi connectivity index (χ4v) is 7.26. The number of aromatic nitrogens is 4. The second kappa shape index (κ2) is 7.89. The van der Waals surface area contributed by atoms with Gasteiger partial charge >= 0.3 is 12.2 Å². The van der Waals surface area contributed by atoms with Gasteiger partial charge in [0, 0.05) is 43.6 Å². The molecule has 0 bridgehead atoms. The van der Waals surface area contributed by atoms with Gasteiger partial charge in [-0.15, -0.1) is 0 Å². The van der Waals surface area contributed by atoms with E-state index in [2.05, 4.69) is 19.4 Å². The van der Waals surface area contributed by atoms with Crippen molar-refractivity contribution in [3.8, 4) is 0 Å². The predicted octanol–water partition coefficient (Wildman–Crippen LogP) is 3.09. The van der Waals surface area contributed by atoms with Crippen LogP contribution < -0.4 is 0 Å². The van der Waals surface area contributed by atoms with Crippen molar-refractivity contribution >= 4 is 17.6 Å². The van der Waals surface area contributed by atoms with Gasteiger partial charge in [0.25, 0.3) is 0 Å². The molecule has 2 amide bonds. The van der Waals surface area contributed by atoms with E-state index in [9.17, 15) is 23.1 Å². The molecule has 2 saturated carbocycles. The summed E-state index contributed by atoms with van der Waals surface area (Å²) in [5.41, 5.74) is 0.0114. The van der Waals surface area contributed by atoms with Crippen molar-refractivity contribution in [2.45, 2.75) is 62.9 Å². The van der Waals surface area contributed by atoms with E-state index in [0.717, 1.165) is 83.9 Å². The Kier molecular flexibility index (Phi) is 5.08. The number of alkyl halides is 3. The monoisotopic (exact) mass is 537 g/mol. The van der Waals surface area contributed by atoms with E-state index in [4.69, 9.17) is 0 Å². The second-order valence-corrected chi connectivity index (χ2v) is 12.9. The molecule has 2 aromatic rings. The smallest absolute Gasteiger partial charge is 0.382 e. The Morgan fingerprint density at radius 3 is 2.30 bits per heavy atom. The van der Waals surface area contributed by atoms with Gasteiger partial charge in [-0.1, -0.05) is 0 Å². The summed E-state index contributed by atoms with van der Waals surface area (Å²) >= 11 is 0.516. The number of amides is 2. The first-order valence-electron chi connectivity index (χ1n) is 13.0. The molecule has 3 saturated heterocycles. The maximum atomic E-state index is 13.0. The topological polar surface area (TPSA) is 90.6 Å². The molecule has 13 heteroatoms. The van der Waals surface area contributed by atoms with Crippen LogP contribution in [0, 0.1) is 10.8 Å². The van der Waals surface area contributed by atoms with Crippen LogP contribution in [0.5, 0.6) is 0 Å². The molecule has 0 unspecified atom stereocenters. The highest BCUT2D eigenvalue weighted by molar-refractivity contribution is 7.05. The van der Waals surface area contributed by atoms with Crippen LogP contribution in [0.15, 0.2) is 12.4 Å². The number of hydrogen-bond acceptors (Lipinski definition) is 7. The molecule has 7 rings (SSSR count). The molecular formula is C24H30F3N7O2S. The van der Waals surface area contributed by atoms with Gasteiger partial charge in [-0.05, 0) is 69.2 Å². The minimum absolute atomic E-state index is 0.128. The zero-order valence-corrected chi connectivity index (χ0v) is 21.3. The van der Waals surface area contributed by atoms with Gasteiger partial charge in [0.15, 0.2) is 5.82 Å². The number of aliphatic hydroxyl groups is 1. The first kappa shape index (κ1) is 23.8. The van der Waals surface area contributed by atoms with Gasteiger partial charge in [-0.2, -0.15) is 22.6 Å². The summed E-state index contributed by atoms with van der Waals surface area (Å²) in [5, 5.41) is 14.7. The standard InChI is InChI=1S/C24H30F3N7O2S/c25-24(26,27)18-7-16(30-37-18)10-31-5-3-21(4-6-31)11-32(12-21)20(35)33-13-22(14-33)8-17(9-22)34-15-28-19(29-34)23(36)1-2-23/h7,15,17,36H,1-6,8-14H2. The third kappa shape index (κ3) is 4.13. The molecule has 37 heavy (non-hydrogen) atoms. The molecule has 200 valence electrons. The van der Waals surface area contributed by atoms with E-state index >= 15 is 0 Å². The largest absolute Gasteiger partial charge is 0.427 e. The Bertz CT molecular complexity index is 1200. The molecule has 0 aromatic carbocycles. The Morgan fingerprint density at radius 2 is 1.70 bits per heavy atom. The average molecular weight is 538 g/mol. The van der Waals surface area contributed by atoms with Crippen LogP contribution in [0.25, 0.3) is 0 Å². The van der Waals surface area contributed by atoms with Crippen molar-refractivity contribution in [1.82, 2.24) is 33.8 Å². The van der Waals surface area contributed by atoms with E-state index in [1.165, 1.54) is 0 Å². The van der Waals surface area contributed by atoms with Crippen LogP contribution in [-0.4, -0.2) is 84.2 Å². The molecule has 2 spiro atoms. The van der Waals surface area contributed by atoms with Gasteiger partial charge in [0.1, 0.15) is 16.8 Å².